The summed E-state index contributed by atoms with van der Waals surface area (Å²) in [4.78, 5) is 37.7. The quantitative estimate of drug-likeness (QED) is 0.641. The number of methoxy groups -OCH3 is 1. The van der Waals surface area contributed by atoms with Crippen molar-refractivity contribution in [2.24, 2.45) is 0 Å². The van der Waals surface area contributed by atoms with E-state index in [-0.39, 0.29) is 23.7 Å². The number of carbonyl (C=O) groups excluding carboxylic acids is 2. The van der Waals surface area contributed by atoms with Crippen LogP contribution in [-0.2, 0) is 0 Å². The largest absolute Gasteiger partial charge is 0.481 e. The standard InChI is InChI=1S/C22H24N6O3/c1-15-6-4-7-17(12-15)28-14-23-20(25-28)22(30)27-11-10-26(13-16(27)2)21(29)18-8-5-9-19(24-18)31-3/h4-9,12,14,16H,10-11,13H2,1-3H3. The van der Waals surface area contributed by atoms with Crippen molar-refractivity contribution in [2.75, 3.05) is 26.7 Å². The molecule has 9 heteroatoms. The van der Waals surface area contributed by atoms with Gasteiger partial charge in [0.25, 0.3) is 11.8 Å². The van der Waals surface area contributed by atoms with Crippen molar-refractivity contribution in [2.45, 2.75) is 19.9 Å². The predicted molar refractivity (Wildman–Crippen MR) is 113 cm³/mol. The number of piperazine rings is 1. The molecule has 1 saturated heterocycles. The minimum absolute atomic E-state index is 0.141. The Balaban J connectivity index is 1.44. The lowest BCUT2D eigenvalue weighted by molar-refractivity contribution is 0.0404. The van der Waals surface area contributed by atoms with E-state index in [9.17, 15) is 9.59 Å². The van der Waals surface area contributed by atoms with Gasteiger partial charge in [0.05, 0.1) is 12.8 Å². The summed E-state index contributed by atoms with van der Waals surface area (Å²) in [6.45, 7) is 5.12. The number of ether oxygens (including phenoxy) is 1. The van der Waals surface area contributed by atoms with Gasteiger partial charge in [0.1, 0.15) is 12.0 Å². The molecule has 0 bridgehead atoms. The van der Waals surface area contributed by atoms with Crippen molar-refractivity contribution >= 4 is 11.8 Å². The van der Waals surface area contributed by atoms with E-state index in [1.54, 1.807) is 39.0 Å². The molecule has 0 saturated carbocycles. The summed E-state index contributed by atoms with van der Waals surface area (Å²) in [6.07, 6.45) is 1.54. The first-order chi connectivity index (χ1) is 15.0. The number of nitrogens with zero attached hydrogens (tertiary/aromatic N) is 6. The molecular weight excluding hydrogens is 396 g/mol. The monoisotopic (exact) mass is 420 g/mol. The number of hydrogen-bond acceptors (Lipinski definition) is 6. The maximum absolute atomic E-state index is 13.0. The first-order valence-electron chi connectivity index (χ1n) is 10.1. The molecule has 1 fully saturated rings. The predicted octanol–water partition coefficient (Wildman–Crippen LogP) is 1.97. The molecule has 160 valence electrons. The molecule has 1 unspecified atom stereocenters. The topological polar surface area (TPSA) is 93.5 Å². The number of aromatic nitrogens is 4. The van der Waals surface area contributed by atoms with Crippen LogP contribution >= 0.6 is 0 Å². The molecule has 2 amide bonds. The number of rotatable bonds is 4. The van der Waals surface area contributed by atoms with Gasteiger partial charge >= 0.3 is 0 Å². The van der Waals surface area contributed by atoms with Gasteiger partial charge in [-0.05, 0) is 37.6 Å². The molecule has 3 heterocycles. The molecule has 1 atom stereocenters. The maximum Gasteiger partial charge on any atom is 0.293 e. The molecule has 0 N–H and O–H groups in total. The minimum Gasteiger partial charge on any atom is -0.481 e. The van der Waals surface area contributed by atoms with E-state index in [1.807, 2.05) is 38.1 Å². The first kappa shape index (κ1) is 20.5. The lowest BCUT2D eigenvalue weighted by Crippen LogP contribution is -2.55. The number of amides is 2. The molecule has 0 aliphatic carbocycles. The number of pyridine rings is 1. The second-order valence-corrected chi connectivity index (χ2v) is 7.52. The number of aryl methyl sites for hydroxylation is 1. The second kappa shape index (κ2) is 8.55. The average molecular weight is 420 g/mol. The first-order valence-corrected chi connectivity index (χ1v) is 10.1. The summed E-state index contributed by atoms with van der Waals surface area (Å²) in [7, 11) is 1.51. The van der Waals surface area contributed by atoms with Gasteiger partial charge in [0, 0.05) is 31.7 Å². The summed E-state index contributed by atoms with van der Waals surface area (Å²) in [5, 5.41) is 4.36. The van der Waals surface area contributed by atoms with E-state index in [0.29, 0.717) is 31.2 Å². The van der Waals surface area contributed by atoms with Crippen LogP contribution in [0.1, 0.15) is 33.6 Å². The van der Waals surface area contributed by atoms with Crippen LogP contribution in [0.2, 0.25) is 0 Å². The Kier molecular flexibility index (Phi) is 5.66. The van der Waals surface area contributed by atoms with Crippen molar-refractivity contribution in [1.82, 2.24) is 29.5 Å². The van der Waals surface area contributed by atoms with Crippen LogP contribution in [-0.4, -0.2) is 74.1 Å². The van der Waals surface area contributed by atoms with Crippen LogP contribution in [0.5, 0.6) is 5.88 Å². The van der Waals surface area contributed by atoms with Gasteiger partial charge in [-0.3, -0.25) is 9.59 Å². The molecule has 1 aliphatic rings. The molecule has 1 aliphatic heterocycles. The van der Waals surface area contributed by atoms with Crippen LogP contribution in [0.25, 0.3) is 5.69 Å². The van der Waals surface area contributed by atoms with Crippen molar-refractivity contribution in [3.05, 3.63) is 65.9 Å². The highest BCUT2D eigenvalue weighted by molar-refractivity contribution is 5.93. The van der Waals surface area contributed by atoms with Crippen molar-refractivity contribution in [1.29, 1.82) is 0 Å². The molecule has 0 spiro atoms. The highest BCUT2D eigenvalue weighted by atomic mass is 16.5. The van der Waals surface area contributed by atoms with Crippen molar-refractivity contribution in [3.63, 3.8) is 0 Å². The smallest absolute Gasteiger partial charge is 0.293 e. The van der Waals surface area contributed by atoms with E-state index in [0.717, 1.165) is 11.3 Å². The van der Waals surface area contributed by atoms with Crippen LogP contribution in [0, 0.1) is 6.92 Å². The Morgan fingerprint density at radius 2 is 1.90 bits per heavy atom. The molecule has 1 aromatic carbocycles. The van der Waals surface area contributed by atoms with Crippen LogP contribution in [0.15, 0.2) is 48.8 Å². The fourth-order valence-corrected chi connectivity index (χ4v) is 3.64. The Morgan fingerprint density at radius 1 is 1.10 bits per heavy atom. The van der Waals surface area contributed by atoms with Gasteiger partial charge in [-0.2, -0.15) is 0 Å². The third-order valence-corrected chi connectivity index (χ3v) is 5.28. The lowest BCUT2D eigenvalue weighted by atomic mass is 10.1. The fraction of sp³-hybridized carbons (Fsp3) is 0.318. The molecular formula is C22H24N6O3. The van der Waals surface area contributed by atoms with Gasteiger partial charge in [-0.25, -0.2) is 14.6 Å². The Hall–Kier alpha value is -3.75. The molecule has 4 rings (SSSR count). The summed E-state index contributed by atoms with van der Waals surface area (Å²) in [6, 6.07) is 12.7. The molecule has 2 aromatic heterocycles. The summed E-state index contributed by atoms with van der Waals surface area (Å²) >= 11 is 0. The van der Waals surface area contributed by atoms with E-state index in [4.69, 9.17) is 4.74 Å². The molecule has 3 aromatic rings. The van der Waals surface area contributed by atoms with E-state index < -0.39 is 0 Å². The normalized spacial score (nSPS) is 16.3. The summed E-state index contributed by atoms with van der Waals surface area (Å²) in [5.41, 5.74) is 2.27. The van der Waals surface area contributed by atoms with Gasteiger partial charge in [0.15, 0.2) is 0 Å². The highest BCUT2D eigenvalue weighted by Gasteiger charge is 2.32. The van der Waals surface area contributed by atoms with Crippen molar-refractivity contribution < 1.29 is 14.3 Å². The van der Waals surface area contributed by atoms with Gasteiger partial charge < -0.3 is 14.5 Å². The number of benzene rings is 1. The van der Waals surface area contributed by atoms with Crippen LogP contribution in [0.3, 0.4) is 0 Å². The van der Waals surface area contributed by atoms with Crippen LogP contribution < -0.4 is 4.74 Å². The molecule has 31 heavy (non-hydrogen) atoms. The summed E-state index contributed by atoms with van der Waals surface area (Å²) in [5.74, 6) is 0.107. The Bertz CT molecular complexity index is 1110. The SMILES string of the molecule is COc1cccc(C(=O)N2CCN(C(=O)c3ncn(-c4cccc(C)c4)n3)C(C)C2)n1. The number of hydrogen-bond donors (Lipinski definition) is 0. The Morgan fingerprint density at radius 3 is 2.65 bits per heavy atom. The van der Waals surface area contributed by atoms with Gasteiger partial charge in [-0.15, -0.1) is 5.10 Å². The number of carbonyl (C=O) groups is 2. The van der Waals surface area contributed by atoms with Gasteiger partial charge in [-0.1, -0.05) is 18.2 Å². The van der Waals surface area contributed by atoms with E-state index in [2.05, 4.69) is 15.1 Å². The zero-order valence-electron chi connectivity index (χ0n) is 17.7. The molecule has 0 radical (unpaired) electrons. The minimum atomic E-state index is -0.245. The fourth-order valence-electron chi connectivity index (χ4n) is 3.64. The van der Waals surface area contributed by atoms with Gasteiger partial charge in [0.2, 0.25) is 11.7 Å². The molecule has 9 nitrogen and oxygen atoms in total. The lowest BCUT2D eigenvalue weighted by Gasteiger charge is -2.39. The zero-order valence-corrected chi connectivity index (χ0v) is 17.7. The third-order valence-electron chi connectivity index (χ3n) is 5.28. The third kappa shape index (κ3) is 4.25. The van der Waals surface area contributed by atoms with Crippen LogP contribution in [0.4, 0.5) is 0 Å². The zero-order chi connectivity index (χ0) is 22.0. The van der Waals surface area contributed by atoms with Crippen molar-refractivity contribution in [3.8, 4) is 11.6 Å². The summed E-state index contributed by atoms with van der Waals surface area (Å²) < 4.78 is 6.70. The highest BCUT2D eigenvalue weighted by Crippen LogP contribution is 2.16. The maximum atomic E-state index is 13.0. The Labute approximate surface area is 180 Å². The average Bonchev–Trinajstić information content (AvgIpc) is 3.28. The van der Waals surface area contributed by atoms with E-state index in [1.165, 1.54) is 7.11 Å². The second-order valence-electron chi connectivity index (χ2n) is 7.52. The van der Waals surface area contributed by atoms with E-state index >= 15 is 0 Å².